The summed E-state index contributed by atoms with van der Waals surface area (Å²) >= 11 is 0. The zero-order chi connectivity index (χ0) is 37.0. The van der Waals surface area contributed by atoms with E-state index in [2.05, 4.69) is 13.8 Å². The molecule has 0 heterocycles. The molecule has 0 radical (unpaired) electrons. The van der Waals surface area contributed by atoms with E-state index in [0.29, 0.717) is 18.8 Å². The van der Waals surface area contributed by atoms with Gasteiger partial charge in [0.15, 0.2) is 0 Å². The lowest BCUT2D eigenvalue weighted by atomic mass is 10.0. The first-order valence-electron chi connectivity index (χ1n) is 23.9. The Bertz CT molecular complexity index is 673. The van der Waals surface area contributed by atoms with E-state index in [9.17, 15) is 9.59 Å². The second-order valence-electron chi connectivity index (χ2n) is 16.4. The van der Waals surface area contributed by atoms with E-state index in [-0.39, 0.29) is 5.97 Å². The molecule has 0 amide bonds. The maximum absolute atomic E-state index is 12.2. The van der Waals surface area contributed by atoms with Crippen LogP contribution in [0.25, 0.3) is 0 Å². The van der Waals surface area contributed by atoms with Crippen molar-refractivity contribution in [1.82, 2.24) is 0 Å². The molecule has 0 atom stereocenters. The smallest absolute Gasteiger partial charge is 0.305 e. The average Bonchev–Trinajstić information content (AvgIpc) is 3.13. The lowest BCUT2D eigenvalue weighted by Gasteiger charge is -2.06. The van der Waals surface area contributed by atoms with Gasteiger partial charge in [-0.05, 0) is 25.7 Å². The van der Waals surface area contributed by atoms with Crippen molar-refractivity contribution in [3.8, 4) is 0 Å². The number of ether oxygens (including phenoxy) is 1. The number of rotatable bonds is 45. The molecule has 0 rings (SSSR count). The van der Waals surface area contributed by atoms with E-state index in [1.54, 1.807) is 0 Å². The molecule has 0 aliphatic carbocycles. The number of esters is 1. The van der Waals surface area contributed by atoms with Gasteiger partial charge in [-0.2, -0.15) is 0 Å². The maximum Gasteiger partial charge on any atom is 0.305 e. The summed E-state index contributed by atoms with van der Waals surface area (Å²) in [4.78, 5) is 24.2. The Labute approximate surface area is 321 Å². The summed E-state index contributed by atoms with van der Waals surface area (Å²) in [7, 11) is 0. The molecular weight excluding hydrogens is 625 g/mol. The second-order valence-corrected chi connectivity index (χ2v) is 16.4. The number of hydrogen-bond acceptors (Lipinski definition) is 3. The lowest BCUT2D eigenvalue weighted by molar-refractivity contribution is -0.143. The predicted molar refractivity (Wildman–Crippen MR) is 226 cm³/mol. The first-order valence-corrected chi connectivity index (χ1v) is 23.9. The third kappa shape index (κ3) is 45.2. The van der Waals surface area contributed by atoms with Gasteiger partial charge in [-0.15, -0.1) is 0 Å². The minimum atomic E-state index is 0.00280. The van der Waals surface area contributed by atoms with Crippen molar-refractivity contribution in [3.05, 3.63) is 0 Å². The minimum Gasteiger partial charge on any atom is -0.466 e. The van der Waals surface area contributed by atoms with E-state index < -0.39 is 0 Å². The van der Waals surface area contributed by atoms with Gasteiger partial charge in [0.1, 0.15) is 5.78 Å². The zero-order valence-electron chi connectivity index (χ0n) is 35.3. The molecule has 0 aromatic heterocycles. The Kier molecular flexibility index (Phi) is 44.5. The van der Waals surface area contributed by atoms with E-state index in [1.807, 2.05) is 0 Å². The summed E-state index contributed by atoms with van der Waals surface area (Å²) in [5.74, 6) is 0.494. The highest BCUT2D eigenvalue weighted by Gasteiger charge is 2.04. The van der Waals surface area contributed by atoms with Crippen LogP contribution in [0.4, 0.5) is 0 Å². The van der Waals surface area contributed by atoms with Crippen LogP contribution in [-0.2, 0) is 14.3 Å². The van der Waals surface area contributed by atoms with E-state index in [4.69, 9.17) is 4.74 Å². The topological polar surface area (TPSA) is 43.4 Å². The molecule has 0 unspecified atom stereocenters. The zero-order valence-corrected chi connectivity index (χ0v) is 35.3. The van der Waals surface area contributed by atoms with Crippen molar-refractivity contribution < 1.29 is 14.3 Å². The largest absolute Gasteiger partial charge is 0.466 e. The van der Waals surface area contributed by atoms with Crippen molar-refractivity contribution in [2.24, 2.45) is 0 Å². The molecule has 304 valence electrons. The molecule has 0 saturated heterocycles. The van der Waals surface area contributed by atoms with E-state index >= 15 is 0 Å². The van der Waals surface area contributed by atoms with Crippen molar-refractivity contribution in [2.75, 3.05) is 6.61 Å². The summed E-state index contributed by atoms with van der Waals surface area (Å²) in [6.07, 6.45) is 55.5. The molecule has 0 saturated carbocycles. The highest BCUT2D eigenvalue weighted by atomic mass is 16.5. The first kappa shape index (κ1) is 50.1. The van der Waals surface area contributed by atoms with Gasteiger partial charge in [0, 0.05) is 19.3 Å². The maximum atomic E-state index is 12.2. The molecule has 0 aromatic carbocycles. The normalized spacial score (nSPS) is 11.4. The number of ketones is 1. The number of unbranched alkanes of at least 4 members (excludes halogenated alkanes) is 37. The van der Waals surface area contributed by atoms with Crippen LogP contribution >= 0.6 is 0 Å². The minimum absolute atomic E-state index is 0.00280. The number of Topliss-reactive ketones (excluding diaryl/α,β-unsaturated/α-hetero) is 1. The van der Waals surface area contributed by atoms with Crippen molar-refractivity contribution in [1.29, 1.82) is 0 Å². The van der Waals surface area contributed by atoms with Gasteiger partial charge in [0.25, 0.3) is 0 Å². The molecular formula is C48H94O3. The Morgan fingerprint density at radius 1 is 0.275 bits per heavy atom. The summed E-state index contributed by atoms with van der Waals surface area (Å²) in [5, 5.41) is 0. The fourth-order valence-electron chi connectivity index (χ4n) is 7.56. The van der Waals surface area contributed by atoms with Crippen LogP contribution in [0.3, 0.4) is 0 Å². The molecule has 0 aromatic rings. The fourth-order valence-corrected chi connectivity index (χ4v) is 7.56. The van der Waals surface area contributed by atoms with Crippen LogP contribution in [0, 0.1) is 0 Å². The molecule has 3 nitrogen and oxygen atoms in total. The molecule has 0 aliphatic heterocycles. The Morgan fingerprint density at radius 2 is 0.490 bits per heavy atom. The fraction of sp³-hybridized carbons (Fsp3) is 0.958. The Balaban J connectivity index is 3.22. The molecule has 0 bridgehead atoms. The van der Waals surface area contributed by atoms with Crippen LogP contribution in [0.5, 0.6) is 0 Å². The van der Waals surface area contributed by atoms with E-state index in [0.717, 1.165) is 44.9 Å². The van der Waals surface area contributed by atoms with Crippen molar-refractivity contribution >= 4 is 11.8 Å². The van der Waals surface area contributed by atoms with Crippen LogP contribution in [0.1, 0.15) is 290 Å². The number of hydrogen-bond donors (Lipinski definition) is 0. The van der Waals surface area contributed by atoms with Crippen LogP contribution in [0.15, 0.2) is 0 Å². The standard InChI is InChI=1S/C48H94O3/c1-3-5-7-9-11-13-15-17-18-19-20-21-22-24-25-27-31-35-39-43-47(49)44-40-36-32-29-30-34-38-42-46-51-48(50)45-41-37-33-28-26-23-16-14-12-10-8-6-4-2/h3-46H2,1-2H3. The monoisotopic (exact) mass is 719 g/mol. The molecule has 3 heteroatoms. The first-order chi connectivity index (χ1) is 25.2. The molecule has 0 aliphatic rings. The highest BCUT2D eigenvalue weighted by molar-refractivity contribution is 5.78. The Hall–Kier alpha value is -0.860. The van der Waals surface area contributed by atoms with Gasteiger partial charge in [-0.25, -0.2) is 0 Å². The van der Waals surface area contributed by atoms with Gasteiger partial charge in [0.2, 0.25) is 0 Å². The number of carbonyl (C=O) groups excluding carboxylic acids is 2. The van der Waals surface area contributed by atoms with Gasteiger partial charge in [0.05, 0.1) is 6.61 Å². The third-order valence-electron chi connectivity index (χ3n) is 11.2. The van der Waals surface area contributed by atoms with Gasteiger partial charge in [-0.1, -0.05) is 245 Å². The summed E-state index contributed by atoms with van der Waals surface area (Å²) in [6.45, 7) is 5.17. The lowest BCUT2D eigenvalue weighted by Crippen LogP contribution is -2.05. The van der Waals surface area contributed by atoms with Crippen LogP contribution in [0.2, 0.25) is 0 Å². The Morgan fingerprint density at radius 3 is 0.765 bits per heavy atom. The number of carbonyl (C=O) groups is 2. The SMILES string of the molecule is CCCCCCCCCCCCCCCCCCCCCC(=O)CCCCCCCCCCOC(=O)CCCCCCCCCCCCCCC. The third-order valence-corrected chi connectivity index (χ3v) is 11.2. The van der Waals surface area contributed by atoms with Crippen LogP contribution in [-0.4, -0.2) is 18.4 Å². The molecule has 51 heavy (non-hydrogen) atoms. The van der Waals surface area contributed by atoms with E-state index in [1.165, 1.54) is 225 Å². The van der Waals surface area contributed by atoms with Gasteiger partial charge in [-0.3, -0.25) is 9.59 Å². The quantitative estimate of drug-likeness (QED) is 0.0465. The highest BCUT2D eigenvalue weighted by Crippen LogP contribution is 2.17. The van der Waals surface area contributed by atoms with Gasteiger partial charge >= 0.3 is 5.97 Å². The van der Waals surface area contributed by atoms with Crippen molar-refractivity contribution in [2.45, 2.75) is 290 Å². The second kappa shape index (κ2) is 45.3. The van der Waals surface area contributed by atoms with Crippen molar-refractivity contribution in [3.63, 3.8) is 0 Å². The average molecular weight is 719 g/mol. The summed E-state index contributed by atoms with van der Waals surface area (Å²) in [5.41, 5.74) is 0. The predicted octanol–water partition coefficient (Wildman–Crippen LogP) is 16.9. The molecule has 0 spiro atoms. The summed E-state index contributed by atoms with van der Waals surface area (Å²) in [6, 6.07) is 0. The van der Waals surface area contributed by atoms with Crippen LogP contribution < -0.4 is 0 Å². The molecule has 0 fully saturated rings. The van der Waals surface area contributed by atoms with Gasteiger partial charge < -0.3 is 4.74 Å². The summed E-state index contributed by atoms with van der Waals surface area (Å²) < 4.78 is 5.45. The molecule has 0 N–H and O–H groups in total.